The van der Waals surface area contributed by atoms with Crippen LogP contribution < -0.4 is 5.32 Å². The lowest BCUT2D eigenvalue weighted by molar-refractivity contribution is -0.130. The molecule has 0 rings (SSSR count). The van der Waals surface area contributed by atoms with Crippen molar-refractivity contribution in [1.29, 1.82) is 0 Å². The van der Waals surface area contributed by atoms with Crippen LogP contribution in [0.5, 0.6) is 0 Å². The fourth-order valence-corrected chi connectivity index (χ4v) is 0.626. The Morgan fingerprint density at radius 3 is 2.23 bits per heavy atom. The lowest BCUT2D eigenvalue weighted by atomic mass is 9.91. The van der Waals surface area contributed by atoms with Gasteiger partial charge in [-0.25, -0.2) is 0 Å². The lowest BCUT2D eigenvalue weighted by Gasteiger charge is -2.16. The van der Waals surface area contributed by atoms with Crippen LogP contribution in [0, 0.1) is 5.41 Å². The van der Waals surface area contributed by atoms with Crippen molar-refractivity contribution >= 4 is 11.7 Å². The van der Waals surface area contributed by atoms with Gasteiger partial charge in [0.25, 0.3) is 0 Å². The Morgan fingerprint density at radius 2 is 1.85 bits per heavy atom. The summed E-state index contributed by atoms with van der Waals surface area (Å²) in [6.45, 7) is 5.52. The molecule has 0 spiro atoms. The number of nitrogens with one attached hydrogen (secondary N) is 1. The molecule has 4 heteroatoms. The second-order valence-corrected chi connectivity index (χ2v) is 3.88. The molecule has 13 heavy (non-hydrogen) atoms. The topological polar surface area (TPSA) is 55.4 Å². The first-order valence-corrected chi connectivity index (χ1v) is 4.17. The molecule has 0 aromatic rings. The number of ketones is 1. The first kappa shape index (κ1) is 12.1. The van der Waals surface area contributed by atoms with Crippen LogP contribution in [-0.2, 0) is 14.3 Å². The summed E-state index contributed by atoms with van der Waals surface area (Å²) in [5.41, 5.74) is -0.402. The van der Waals surface area contributed by atoms with Gasteiger partial charge in [-0.05, 0) is 0 Å². The highest BCUT2D eigenvalue weighted by Crippen LogP contribution is 2.13. The van der Waals surface area contributed by atoms with E-state index in [1.165, 1.54) is 7.11 Å². The Kier molecular flexibility index (Phi) is 4.62. The van der Waals surface area contributed by atoms with Crippen LogP contribution in [0.1, 0.15) is 20.8 Å². The van der Waals surface area contributed by atoms with E-state index in [0.717, 1.165) is 0 Å². The molecule has 0 fully saturated rings. The summed E-state index contributed by atoms with van der Waals surface area (Å²) in [6, 6.07) is 0. The highest BCUT2D eigenvalue weighted by molar-refractivity contribution is 5.89. The van der Waals surface area contributed by atoms with Crippen LogP contribution in [0.4, 0.5) is 0 Å². The zero-order valence-electron chi connectivity index (χ0n) is 8.64. The number of rotatable bonds is 4. The van der Waals surface area contributed by atoms with E-state index in [0.29, 0.717) is 0 Å². The zero-order chi connectivity index (χ0) is 10.5. The minimum absolute atomic E-state index is 0.00256. The predicted molar refractivity (Wildman–Crippen MR) is 49.3 cm³/mol. The molecule has 0 bridgehead atoms. The minimum Gasteiger partial charge on any atom is -0.375 e. The van der Waals surface area contributed by atoms with Gasteiger partial charge in [0.1, 0.15) is 6.61 Å². The van der Waals surface area contributed by atoms with Crippen molar-refractivity contribution in [2.45, 2.75) is 20.8 Å². The molecular weight excluding hydrogens is 170 g/mol. The van der Waals surface area contributed by atoms with Crippen molar-refractivity contribution in [3.63, 3.8) is 0 Å². The molecule has 0 atom stereocenters. The van der Waals surface area contributed by atoms with Crippen LogP contribution in [0.2, 0.25) is 0 Å². The summed E-state index contributed by atoms with van der Waals surface area (Å²) >= 11 is 0. The molecule has 1 amide bonds. The third-order valence-electron chi connectivity index (χ3n) is 1.56. The molecule has 4 nitrogen and oxygen atoms in total. The van der Waals surface area contributed by atoms with Crippen molar-refractivity contribution in [2.75, 3.05) is 20.3 Å². The maximum absolute atomic E-state index is 11.3. The molecule has 0 saturated heterocycles. The Morgan fingerprint density at radius 1 is 1.31 bits per heavy atom. The number of methoxy groups -OCH3 is 1. The van der Waals surface area contributed by atoms with Gasteiger partial charge < -0.3 is 10.1 Å². The van der Waals surface area contributed by atoms with Crippen molar-refractivity contribution < 1.29 is 14.3 Å². The monoisotopic (exact) mass is 187 g/mol. The fourth-order valence-electron chi connectivity index (χ4n) is 0.626. The van der Waals surface area contributed by atoms with Crippen LogP contribution in [0.15, 0.2) is 0 Å². The van der Waals surface area contributed by atoms with Crippen LogP contribution in [0.25, 0.3) is 0 Å². The number of carbonyl (C=O) groups excluding carboxylic acids is 2. The molecule has 0 saturated carbocycles. The van der Waals surface area contributed by atoms with Crippen molar-refractivity contribution in [1.82, 2.24) is 5.32 Å². The maximum Gasteiger partial charge on any atom is 0.246 e. The van der Waals surface area contributed by atoms with Gasteiger partial charge in [-0.15, -0.1) is 0 Å². The molecule has 0 heterocycles. The van der Waals surface area contributed by atoms with Gasteiger partial charge in [0.2, 0.25) is 5.91 Å². The highest BCUT2D eigenvalue weighted by Gasteiger charge is 2.20. The number of hydrogen-bond acceptors (Lipinski definition) is 3. The summed E-state index contributed by atoms with van der Waals surface area (Å²) < 4.78 is 4.60. The first-order chi connectivity index (χ1) is 5.88. The smallest absolute Gasteiger partial charge is 0.246 e. The Hall–Kier alpha value is -0.900. The Labute approximate surface area is 78.6 Å². The average Bonchev–Trinajstić information content (AvgIpc) is 1.99. The quantitative estimate of drug-likeness (QED) is 0.691. The van der Waals surface area contributed by atoms with Crippen LogP contribution in [-0.4, -0.2) is 32.0 Å². The van der Waals surface area contributed by atoms with Gasteiger partial charge in [-0.2, -0.15) is 0 Å². The van der Waals surface area contributed by atoms with Gasteiger partial charge in [0, 0.05) is 12.5 Å². The molecule has 0 aromatic heterocycles. The van der Waals surface area contributed by atoms with Crippen LogP contribution in [0.3, 0.4) is 0 Å². The van der Waals surface area contributed by atoms with E-state index in [1.54, 1.807) is 0 Å². The third-order valence-corrected chi connectivity index (χ3v) is 1.56. The van der Waals surface area contributed by atoms with E-state index in [2.05, 4.69) is 10.1 Å². The van der Waals surface area contributed by atoms with E-state index < -0.39 is 5.41 Å². The van der Waals surface area contributed by atoms with Gasteiger partial charge in [0.05, 0.1) is 6.54 Å². The van der Waals surface area contributed by atoms with E-state index in [-0.39, 0.29) is 24.8 Å². The number of hydrogen-bond donors (Lipinski definition) is 1. The molecule has 76 valence electrons. The summed E-state index contributed by atoms with van der Waals surface area (Å²) in [6.07, 6.45) is 0. The van der Waals surface area contributed by atoms with E-state index >= 15 is 0 Å². The summed E-state index contributed by atoms with van der Waals surface area (Å²) in [5, 5.41) is 2.48. The molecule has 0 radical (unpaired) electrons. The zero-order valence-corrected chi connectivity index (χ0v) is 8.64. The standard InChI is InChI=1S/C9H17NO3/c1-9(2,3)7(11)5-10-8(12)6-13-4/h5-6H2,1-4H3,(H,10,12). The average molecular weight is 187 g/mol. The SMILES string of the molecule is COCC(=O)NCC(=O)C(C)(C)C. The number of ether oxygens (including phenoxy) is 1. The van der Waals surface area contributed by atoms with Crippen molar-refractivity contribution in [3.05, 3.63) is 0 Å². The van der Waals surface area contributed by atoms with Crippen molar-refractivity contribution in [3.8, 4) is 0 Å². The maximum atomic E-state index is 11.3. The molecular formula is C9H17NO3. The van der Waals surface area contributed by atoms with E-state index in [4.69, 9.17) is 0 Å². The Balaban J connectivity index is 3.77. The molecule has 0 aliphatic heterocycles. The number of carbonyl (C=O) groups is 2. The molecule has 0 unspecified atom stereocenters. The summed E-state index contributed by atoms with van der Waals surface area (Å²) in [4.78, 5) is 22.2. The first-order valence-electron chi connectivity index (χ1n) is 4.17. The predicted octanol–water partition coefficient (Wildman–Crippen LogP) is 0.364. The Bertz CT molecular complexity index is 194. The van der Waals surface area contributed by atoms with Crippen molar-refractivity contribution in [2.24, 2.45) is 5.41 Å². The molecule has 0 aliphatic rings. The van der Waals surface area contributed by atoms with E-state index in [9.17, 15) is 9.59 Å². The summed E-state index contributed by atoms with van der Waals surface area (Å²) in [7, 11) is 1.44. The molecule has 1 N–H and O–H groups in total. The highest BCUT2D eigenvalue weighted by atomic mass is 16.5. The second-order valence-electron chi connectivity index (χ2n) is 3.88. The third kappa shape index (κ3) is 5.36. The fraction of sp³-hybridized carbons (Fsp3) is 0.778. The van der Waals surface area contributed by atoms with Crippen LogP contribution >= 0.6 is 0 Å². The number of amides is 1. The van der Waals surface area contributed by atoms with Gasteiger partial charge in [-0.1, -0.05) is 20.8 Å². The second kappa shape index (κ2) is 4.97. The van der Waals surface area contributed by atoms with Gasteiger partial charge in [0.15, 0.2) is 5.78 Å². The number of Topliss-reactive ketones (excluding diaryl/α,β-unsaturated/α-hetero) is 1. The van der Waals surface area contributed by atoms with E-state index in [1.807, 2.05) is 20.8 Å². The summed E-state index contributed by atoms with van der Waals surface area (Å²) in [5.74, 6) is -0.253. The molecule has 0 aliphatic carbocycles. The molecule has 0 aromatic carbocycles. The largest absolute Gasteiger partial charge is 0.375 e. The normalized spacial score (nSPS) is 11.1. The van der Waals surface area contributed by atoms with Gasteiger partial charge >= 0.3 is 0 Å². The van der Waals surface area contributed by atoms with Gasteiger partial charge in [-0.3, -0.25) is 9.59 Å². The minimum atomic E-state index is -0.402. The lowest BCUT2D eigenvalue weighted by Crippen LogP contribution is -2.37.